The zero-order valence-corrected chi connectivity index (χ0v) is 29.8. The van der Waals surface area contributed by atoms with E-state index in [1.807, 2.05) is 20.8 Å². The number of carboxylic acid groups (broad SMARTS) is 2. The van der Waals surface area contributed by atoms with Crippen molar-refractivity contribution in [1.82, 2.24) is 29.9 Å². The number of rotatable bonds is 15. The number of ether oxygens (including phenoxy) is 2. The van der Waals surface area contributed by atoms with E-state index < -0.39 is 17.8 Å². The second kappa shape index (κ2) is 18.2. The van der Waals surface area contributed by atoms with E-state index in [9.17, 15) is 9.18 Å². The van der Waals surface area contributed by atoms with Crippen LogP contribution in [0.15, 0.2) is 24.5 Å². The number of likely N-dealkylation sites (N-methyl/N-ethyl adjacent to an activating group) is 1. The van der Waals surface area contributed by atoms with E-state index in [0.717, 1.165) is 52.3 Å². The van der Waals surface area contributed by atoms with Gasteiger partial charge in [-0.3, -0.25) is 9.69 Å². The van der Waals surface area contributed by atoms with Crippen LogP contribution in [-0.4, -0.2) is 137 Å². The smallest absolute Gasteiger partial charge is 0.414 e. The van der Waals surface area contributed by atoms with Gasteiger partial charge in [0.2, 0.25) is 0 Å². The van der Waals surface area contributed by atoms with Crippen molar-refractivity contribution in [3.8, 4) is 11.6 Å². The van der Waals surface area contributed by atoms with E-state index in [4.69, 9.17) is 29.3 Å². The van der Waals surface area contributed by atoms with Crippen molar-refractivity contribution in [2.45, 2.75) is 66.0 Å². The van der Waals surface area contributed by atoms with E-state index >= 15 is 0 Å². The number of nitrogens with zero attached hydrogens (tertiary/aromatic N) is 7. The SMILES string of the molecule is CCN(C(=O)c1cc(F)ccc1Oc1nncnc1N1CCC2(C1)CN([C@H](CCCN(C)CCOC)C(C)C)C2)C(C)C.O=C(O)C(=O)O. The van der Waals surface area contributed by atoms with Crippen molar-refractivity contribution < 1.29 is 38.5 Å². The largest absolute Gasteiger partial charge is 0.473 e. The van der Waals surface area contributed by atoms with Crippen LogP contribution in [0.4, 0.5) is 10.2 Å². The molecule has 0 unspecified atom stereocenters. The summed E-state index contributed by atoms with van der Waals surface area (Å²) in [6.07, 6.45) is 4.85. The topological polar surface area (TPSA) is 162 Å². The van der Waals surface area contributed by atoms with Gasteiger partial charge < -0.3 is 34.4 Å². The lowest BCUT2D eigenvalue weighted by molar-refractivity contribution is -0.159. The molecule has 15 heteroatoms. The molecule has 1 amide bonds. The maximum atomic E-state index is 14.3. The van der Waals surface area contributed by atoms with Crippen LogP contribution >= 0.6 is 0 Å². The van der Waals surface area contributed by atoms with Crippen LogP contribution in [0.2, 0.25) is 0 Å². The Kier molecular flexibility index (Phi) is 14.6. The predicted octanol–water partition coefficient (Wildman–Crippen LogP) is 3.72. The highest BCUT2D eigenvalue weighted by Gasteiger charge is 2.50. The van der Waals surface area contributed by atoms with Crippen molar-refractivity contribution in [3.05, 3.63) is 35.9 Å². The van der Waals surface area contributed by atoms with Gasteiger partial charge in [-0.15, -0.1) is 10.2 Å². The molecule has 1 spiro atoms. The molecule has 2 aliphatic rings. The van der Waals surface area contributed by atoms with Crippen molar-refractivity contribution in [1.29, 1.82) is 0 Å². The third kappa shape index (κ3) is 10.8. The monoisotopic (exact) mass is 689 g/mol. The summed E-state index contributed by atoms with van der Waals surface area (Å²) in [4.78, 5) is 45.0. The van der Waals surface area contributed by atoms with E-state index in [0.29, 0.717) is 24.3 Å². The lowest BCUT2D eigenvalue weighted by atomic mass is 9.76. The van der Waals surface area contributed by atoms with E-state index in [2.05, 4.69) is 50.8 Å². The Morgan fingerprint density at radius 2 is 1.78 bits per heavy atom. The molecule has 3 heterocycles. The summed E-state index contributed by atoms with van der Waals surface area (Å²) in [6.45, 7) is 17.6. The molecule has 0 aliphatic carbocycles. The number of methoxy groups -OCH3 is 1. The Morgan fingerprint density at radius 3 is 2.37 bits per heavy atom. The molecule has 4 rings (SSSR count). The maximum absolute atomic E-state index is 14.3. The summed E-state index contributed by atoms with van der Waals surface area (Å²) in [5.41, 5.74) is 0.366. The van der Waals surface area contributed by atoms with Gasteiger partial charge in [-0.25, -0.2) is 19.0 Å². The minimum absolute atomic E-state index is 0.0391. The van der Waals surface area contributed by atoms with Crippen LogP contribution < -0.4 is 9.64 Å². The van der Waals surface area contributed by atoms with E-state index in [-0.39, 0.29) is 34.6 Å². The van der Waals surface area contributed by atoms with Crippen LogP contribution in [0.5, 0.6) is 11.6 Å². The van der Waals surface area contributed by atoms with Gasteiger partial charge in [0.05, 0.1) is 12.2 Å². The second-order valence-corrected chi connectivity index (χ2v) is 13.5. The van der Waals surface area contributed by atoms with Crippen LogP contribution in [-0.2, 0) is 14.3 Å². The van der Waals surface area contributed by atoms with Gasteiger partial charge in [0.15, 0.2) is 5.82 Å². The highest BCUT2D eigenvalue weighted by atomic mass is 19.1. The van der Waals surface area contributed by atoms with Crippen molar-refractivity contribution >= 4 is 23.7 Å². The number of halogens is 1. The number of carbonyl (C=O) groups is 3. The Labute approximate surface area is 288 Å². The maximum Gasteiger partial charge on any atom is 0.414 e. The summed E-state index contributed by atoms with van der Waals surface area (Å²) < 4.78 is 25.7. The Bertz CT molecular complexity index is 1390. The molecule has 2 fully saturated rings. The number of likely N-dealkylation sites (tertiary alicyclic amines) is 1. The molecule has 1 atom stereocenters. The van der Waals surface area contributed by atoms with Crippen molar-refractivity contribution in [3.63, 3.8) is 0 Å². The molecular formula is C34H52FN7O7. The number of benzene rings is 1. The Morgan fingerprint density at radius 1 is 1.08 bits per heavy atom. The zero-order valence-electron chi connectivity index (χ0n) is 29.8. The lowest BCUT2D eigenvalue weighted by Crippen LogP contribution is -2.62. The number of carbonyl (C=O) groups excluding carboxylic acids is 1. The first kappa shape index (κ1) is 39.5. The van der Waals surface area contributed by atoms with Gasteiger partial charge in [-0.2, -0.15) is 0 Å². The number of carboxylic acids is 2. The molecule has 0 bridgehead atoms. The molecule has 14 nitrogen and oxygen atoms in total. The molecule has 2 aromatic rings. The van der Waals surface area contributed by atoms with Crippen LogP contribution in [0, 0.1) is 17.2 Å². The highest BCUT2D eigenvalue weighted by Crippen LogP contribution is 2.44. The van der Waals surface area contributed by atoms with Gasteiger partial charge in [0.25, 0.3) is 11.8 Å². The van der Waals surface area contributed by atoms with Gasteiger partial charge in [-0.1, -0.05) is 13.8 Å². The number of aliphatic carboxylic acids is 2. The number of anilines is 1. The predicted molar refractivity (Wildman–Crippen MR) is 181 cm³/mol. The molecule has 272 valence electrons. The minimum atomic E-state index is -1.82. The number of amides is 1. The Balaban J connectivity index is 0.000000992. The van der Waals surface area contributed by atoms with Gasteiger partial charge in [-0.05, 0) is 77.7 Å². The van der Waals surface area contributed by atoms with E-state index in [1.165, 1.54) is 37.4 Å². The molecule has 49 heavy (non-hydrogen) atoms. The molecule has 0 radical (unpaired) electrons. The molecule has 2 saturated heterocycles. The van der Waals surface area contributed by atoms with Crippen LogP contribution in [0.1, 0.15) is 64.2 Å². The average Bonchev–Trinajstić information content (AvgIpc) is 3.48. The van der Waals surface area contributed by atoms with Crippen molar-refractivity contribution in [2.75, 3.05) is 71.5 Å². The molecule has 2 aliphatic heterocycles. The number of hydrogen-bond donors (Lipinski definition) is 2. The minimum Gasteiger partial charge on any atom is -0.473 e. The Hall–Kier alpha value is -3.95. The number of aromatic nitrogens is 3. The lowest BCUT2D eigenvalue weighted by Gasteiger charge is -2.53. The summed E-state index contributed by atoms with van der Waals surface area (Å²) in [5, 5.41) is 23.0. The fraction of sp³-hybridized carbons (Fsp3) is 0.647. The molecule has 1 aromatic carbocycles. The third-order valence-corrected chi connectivity index (χ3v) is 9.13. The summed E-state index contributed by atoms with van der Waals surface area (Å²) in [7, 11) is 3.91. The molecular weight excluding hydrogens is 637 g/mol. The summed E-state index contributed by atoms with van der Waals surface area (Å²) in [5.74, 6) is -2.78. The summed E-state index contributed by atoms with van der Waals surface area (Å²) >= 11 is 0. The fourth-order valence-corrected chi connectivity index (χ4v) is 6.59. The van der Waals surface area contributed by atoms with Gasteiger partial charge >= 0.3 is 11.9 Å². The average molecular weight is 690 g/mol. The summed E-state index contributed by atoms with van der Waals surface area (Å²) in [6, 6.07) is 4.52. The molecule has 2 N–H and O–H groups in total. The van der Waals surface area contributed by atoms with Gasteiger partial charge in [0, 0.05) is 63.9 Å². The van der Waals surface area contributed by atoms with Crippen molar-refractivity contribution in [2.24, 2.45) is 11.3 Å². The molecule has 1 aromatic heterocycles. The zero-order chi connectivity index (χ0) is 36.3. The normalized spacial score (nSPS) is 16.0. The molecule has 0 saturated carbocycles. The second-order valence-electron chi connectivity index (χ2n) is 13.5. The van der Waals surface area contributed by atoms with E-state index in [1.54, 1.807) is 12.0 Å². The first-order valence-electron chi connectivity index (χ1n) is 16.8. The fourth-order valence-electron chi connectivity index (χ4n) is 6.59. The van der Waals surface area contributed by atoms with Gasteiger partial charge in [0.1, 0.15) is 17.9 Å². The first-order valence-corrected chi connectivity index (χ1v) is 16.8. The first-order chi connectivity index (χ1) is 23.2. The number of hydrogen-bond acceptors (Lipinski definition) is 11. The van der Waals surface area contributed by atoms with Crippen LogP contribution in [0.25, 0.3) is 0 Å². The standard InChI is InChI=1S/C32H50FN7O3.C2H2O4/c1-8-40(24(4)5)31(41)26-18-25(33)11-12-28(26)43-30-29(34-22-35-36-30)38-15-13-32(19-38)20-39(21-32)27(23(2)3)10-9-14-37(6)16-17-42-7;3-1(4)2(5)6/h11-12,18,22-24,27H,8-10,13-17,19-21H2,1-7H3;(H,3,4)(H,5,6)/t27-;/m1./s1. The van der Waals surface area contributed by atoms with Crippen LogP contribution in [0.3, 0.4) is 0 Å². The highest BCUT2D eigenvalue weighted by molar-refractivity contribution is 6.27. The third-order valence-electron chi connectivity index (χ3n) is 9.13. The quantitative estimate of drug-likeness (QED) is 0.261.